The predicted molar refractivity (Wildman–Crippen MR) is 56.9 cm³/mol. The van der Waals surface area contributed by atoms with Crippen LogP contribution in [-0.2, 0) is 0 Å². The molecule has 0 radical (unpaired) electrons. The Labute approximate surface area is 83.5 Å². The molecule has 2 heteroatoms. The Balaban J connectivity index is 2.75. The molecule has 0 aliphatic rings. The molecular formula is C12H14O2. The Kier molecular flexibility index (Phi) is 2.20. The summed E-state index contributed by atoms with van der Waals surface area (Å²) in [5.74, 6) is 1.38. The van der Waals surface area contributed by atoms with E-state index >= 15 is 0 Å². The molecule has 2 rings (SSSR count). The molecule has 0 bridgehead atoms. The summed E-state index contributed by atoms with van der Waals surface area (Å²) in [5.41, 5.74) is 2.15. The van der Waals surface area contributed by atoms with E-state index in [9.17, 15) is 0 Å². The maximum absolute atomic E-state index is 5.35. The van der Waals surface area contributed by atoms with E-state index in [0.29, 0.717) is 5.92 Å². The molecule has 0 amide bonds. The first-order valence-corrected chi connectivity index (χ1v) is 4.78. The van der Waals surface area contributed by atoms with Gasteiger partial charge in [-0.2, -0.15) is 0 Å². The maximum Gasteiger partial charge on any atom is 0.134 e. The average molecular weight is 190 g/mol. The SMILES string of the molecule is COc1ccc2occc2c1C(C)C. The Morgan fingerprint density at radius 2 is 2.00 bits per heavy atom. The van der Waals surface area contributed by atoms with Gasteiger partial charge in [-0.15, -0.1) is 0 Å². The Bertz CT molecular complexity index is 441. The fraction of sp³-hybridized carbons (Fsp3) is 0.333. The van der Waals surface area contributed by atoms with Gasteiger partial charge in [0.2, 0.25) is 0 Å². The molecule has 0 atom stereocenters. The molecule has 0 N–H and O–H groups in total. The van der Waals surface area contributed by atoms with Crippen LogP contribution in [0.1, 0.15) is 25.3 Å². The summed E-state index contributed by atoms with van der Waals surface area (Å²) in [6.45, 7) is 4.31. The first-order chi connectivity index (χ1) is 6.74. The second-order valence-corrected chi connectivity index (χ2v) is 3.67. The molecule has 0 fully saturated rings. The summed E-state index contributed by atoms with van der Waals surface area (Å²) in [7, 11) is 1.70. The minimum absolute atomic E-state index is 0.436. The standard InChI is InChI=1S/C12H14O2/c1-8(2)12-9-6-7-14-10(9)4-5-11(12)13-3/h4-8H,1-3H3. The molecule has 1 aromatic heterocycles. The van der Waals surface area contributed by atoms with Crippen LogP contribution in [0.4, 0.5) is 0 Å². The second-order valence-electron chi connectivity index (χ2n) is 3.67. The van der Waals surface area contributed by atoms with E-state index in [1.54, 1.807) is 13.4 Å². The van der Waals surface area contributed by atoms with Crippen molar-refractivity contribution < 1.29 is 9.15 Å². The minimum Gasteiger partial charge on any atom is -0.496 e. The number of furan rings is 1. The van der Waals surface area contributed by atoms with Gasteiger partial charge in [-0.3, -0.25) is 0 Å². The smallest absolute Gasteiger partial charge is 0.134 e. The molecule has 0 saturated carbocycles. The third kappa shape index (κ3) is 1.27. The Morgan fingerprint density at radius 1 is 1.21 bits per heavy atom. The van der Waals surface area contributed by atoms with Crippen molar-refractivity contribution in [3.8, 4) is 5.75 Å². The largest absolute Gasteiger partial charge is 0.496 e. The van der Waals surface area contributed by atoms with Crippen LogP contribution < -0.4 is 4.74 Å². The molecule has 14 heavy (non-hydrogen) atoms. The molecule has 74 valence electrons. The van der Waals surface area contributed by atoms with Crippen molar-refractivity contribution in [2.24, 2.45) is 0 Å². The number of hydrogen-bond donors (Lipinski definition) is 0. The highest BCUT2D eigenvalue weighted by molar-refractivity contribution is 5.84. The van der Waals surface area contributed by atoms with Gasteiger partial charge in [-0.25, -0.2) is 0 Å². The third-order valence-corrected chi connectivity index (χ3v) is 2.43. The zero-order chi connectivity index (χ0) is 10.1. The molecule has 1 aromatic carbocycles. The van der Waals surface area contributed by atoms with Crippen LogP contribution in [0.2, 0.25) is 0 Å². The lowest BCUT2D eigenvalue weighted by atomic mass is 9.98. The highest BCUT2D eigenvalue weighted by Crippen LogP contribution is 2.34. The normalized spacial score (nSPS) is 11.1. The highest BCUT2D eigenvalue weighted by Gasteiger charge is 2.12. The molecule has 0 saturated heterocycles. The molecule has 0 spiro atoms. The second kappa shape index (κ2) is 3.37. The van der Waals surface area contributed by atoms with Gasteiger partial charge in [0.15, 0.2) is 0 Å². The zero-order valence-corrected chi connectivity index (χ0v) is 8.70. The van der Waals surface area contributed by atoms with Crippen molar-refractivity contribution in [3.05, 3.63) is 30.0 Å². The Morgan fingerprint density at radius 3 is 2.64 bits per heavy atom. The maximum atomic E-state index is 5.35. The number of fused-ring (bicyclic) bond motifs is 1. The van der Waals surface area contributed by atoms with Crippen LogP contribution in [0.3, 0.4) is 0 Å². The number of rotatable bonds is 2. The third-order valence-electron chi connectivity index (χ3n) is 2.43. The molecule has 0 aliphatic heterocycles. The number of methoxy groups -OCH3 is 1. The fourth-order valence-electron chi connectivity index (χ4n) is 1.82. The molecule has 0 unspecified atom stereocenters. The van der Waals surface area contributed by atoms with Gasteiger partial charge in [0.05, 0.1) is 13.4 Å². The van der Waals surface area contributed by atoms with E-state index in [0.717, 1.165) is 16.7 Å². The lowest BCUT2D eigenvalue weighted by molar-refractivity contribution is 0.408. The topological polar surface area (TPSA) is 22.4 Å². The molecule has 2 nitrogen and oxygen atoms in total. The van der Waals surface area contributed by atoms with Crippen molar-refractivity contribution >= 4 is 11.0 Å². The minimum atomic E-state index is 0.436. The van der Waals surface area contributed by atoms with Gasteiger partial charge in [0, 0.05) is 10.9 Å². The fourth-order valence-corrected chi connectivity index (χ4v) is 1.82. The van der Waals surface area contributed by atoms with E-state index in [1.807, 2.05) is 18.2 Å². The number of ether oxygens (including phenoxy) is 1. The van der Waals surface area contributed by atoms with E-state index in [4.69, 9.17) is 9.15 Å². The summed E-state index contributed by atoms with van der Waals surface area (Å²) >= 11 is 0. The van der Waals surface area contributed by atoms with Gasteiger partial charge in [0.25, 0.3) is 0 Å². The van der Waals surface area contributed by atoms with Crippen molar-refractivity contribution in [3.63, 3.8) is 0 Å². The zero-order valence-electron chi connectivity index (χ0n) is 8.70. The average Bonchev–Trinajstić information content (AvgIpc) is 2.62. The van der Waals surface area contributed by atoms with Crippen molar-refractivity contribution in [2.45, 2.75) is 19.8 Å². The van der Waals surface area contributed by atoms with Gasteiger partial charge in [-0.1, -0.05) is 13.8 Å². The van der Waals surface area contributed by atoms with Crippen LogP contribution in [0.15, 0.2) is 28.9 Å². The van der Waals surface area contributed by atoms with Crippen LogP contribution >= 0.6 is 0 Å². The molecular weight excluding hydrogens is 176 g/mol. The first kappa shape index (κ1) is 9.13. The Hall–Kier alpha value is -1.44. The number of benzene rings is 1. The summed E-state index contributed by atoms with van der Waals surface area (Å²) < 4.78 is 10.7. The first-order valence-electron chi connectivity index (χ1n) is 4.78. The van der Waals surface area contributed by atoms with Gasteiger partial charge >= 0.3 is 0 Å². The van der Waals surface area contributed by atoms with Crippen LogP contribution in [0.5, 0.6) is 5.75 Å². The van der Waals surface area contributed by atoms with Gasteiger partial charge in [-0.05, 0) is 24.1 Å². The molecule has 1 heterocycles. The highest BCUT2D eigenvalue weighted by atomic mass is 16.5. The van der Waals surface area contributed by atoms with Crippen molar-refractivity contribution in [2.75, 3.05) is 7.11 Å². The summed E-state index contributed by atoms with van der Waals surface area (Å²) in [6, 6.07) is 5.90. The van der Waals surface area contributed by atoms with Crippen molar-refractivity contribution in [1.82, 2.24) is 0 Å². The lowest BCUT2D eigenvalue weighted by Gasteiger charge is -2.12. The molecule has 0 aliphatic carbocycles. The lowest BCUT2D eigenvalue weighted by Crippen LogP contribution is -1.94. The quantitative estimate of drug-likeness (QED) is 0.722. The van der Waals surface area contributed by atoms with Crippen LogP contribution in [0, 0.1) is 0 Å². The predicted octanol–water partition coefficient (Wildman–Crippen LogP) is 3.56. The van der Waals surface area contributed by atoms with E-state index < -0.39 is 0 Å². The van der Waals surface area contributed by atoms with E-state index in [1.165, 1.54) is 5.56 Å². The van der Waals surface area contributed by atoms with E-state index in [2.05, 4.69) is 13.8 Å². The van der Waals surface area contributed by atoms with Crippen LogP contribution in [0.25, 0.3) is 11.0 Å². The summed E-state index contributed by atoms with van der Waals surface area (Å²) in [5, 5.41) is 1.15. The molecule has 2 aromatic rings. The summed E-state index contributed by atoms with van der Waals surface area (Å²) in [4.78, 5) is 0. The van der Waals surface area contributed by atoms with Gasteiger partial charge in [0.1, 0.15) is 11.3 Å². The van der Waals surface area contributed by atoms with Crippen LogP contribution in [-0.4, -0.2) is 7.11 Å². The van der Waals surface area contributed by atoms with Gasteiger partial charge < -0.3 is 9.15 Å². The monoisotopic (exact) mass is 190 g/mol. The summed E-state index contributed by atoms with van der Waals surface area (Å²) in [6.07, 6.45) is 1.72. The van der Waals surface area contributed by atoms with E-state index in [-0.39, 0.29) is 0 Å². The van der Waals surface area contributed by atoms with Crippen molar-refractivity contribution in [1.29, 1.82) is 0 Å². The number of hydrogen-bond acceptors (Lipinski definition) is 2.